The number of rotatable bonds is 3. The second-order valence-corrected chi connectivity index (χ2v) is 5.11. The summed E-state index contributed by atoms with van der Waals surface area (Å²) in [5.41, 5.74) is 4.86. The van der Waals surface area contributed by atoms with Crippen LogP contribution in [0.3, 0.4) is 0 Å². The molecule has 3 rings (SSSR count). The Balaban J connectivity index is 2.00. The molecule has 0 amide bonds. The van der Waals surface area contributed by atoms with E-state index in [1.807, 2.05) is 39.1 Å². The number of para-hydroxylation sites is 1. The highest BCUT2D eigenvalue weighted by Gasteiger charge is 2.10. The molecule has 0 saturated carbocycles. The lowest BCUT2D eigenvalue weighted by atomic mass is 10.1. The fraction of sp³-hybridized carbons (Fsp3) is 0.235. The molecule has 4 heteroatoms. The molecule has 0 aliphatic rings. The first-order valence-electron chi connectivity index (χ1n) is 7.04. The lowest BCUT2D eigenvalue weighted by molar-refractivity contribution is 0.945. The maximum absolute atomic E-state index is 4.70. The topological polar surface area (TPSA) is 50.7 Å². The molecule has 0 aliphatic carbocycles. The standard InChI is InChI=1S/C17H18N4/c1-11-12(2)20-17(18-3)16(19-11)10-14-9-8-13-6-4-5-7-15(13)21-14/h4-9H,10H2,1-3H3,(H,18,20). The van der Waals surface area contributed by atoms with Crippen molar-refractivity contribution in [3.63, 3.8) is 0 Å². The van der Waals surface area contributed by atoms with Gasteiger partial charge in [-0.25, -0.2) is 4.98 Å². The highest BCUT2D eigenvalue weighted by Crippen LogP contribution is 2.18. The maximum atomic E-state index is 4.70. The van der Waals surface area contributed by atoms with Crippen LogP contribution in [-0.4, -0.2) is 22.0 Å². The van der Waals surface area contributed by atoms with Crippen LogP contribution in [-0.2, 0) is 6.42 Å². The summed E-state index contributed by atoms with van der Waals surface area (Å²) in [5.74, 6) is 0.827. The summed E-state index contributed by atoms with van der Waals surface area (Å²) in [4.78, 5) is 13.9. The van der Waals surface area contributed by atoms with Crippen LogP contribution in [0.2, 0.25) is 0 Å². The van der Waals surface area contributed by atoms with Gasteiger partial charge >= 0.3 is 0 Å². The molecule has 0 aliphatic heterocycles. The van der Waals surface area contributed by atoms with Crippen LogP contribution >= 0.6 is 0 Å². The number of pyridine rings is 1. The molecule has 1 aromatic carbocycles. The zero-order chi connectivity index (χ0) is 14.8. The zero-order valence-electron chi connectivity index (χ0n) is 12.5. The molecule has 0 saturated heterocycles. The van der Waals surface area contributed by atoms with Gasteiger partial charge in [0.15, 0.2) is 0 Å². The minimum atomic E-state index is 0.676. The summed E-state index contributed by atoms with van der Waals surface area (Å²) in [6.07, 6.45) is 0.676. The Morgan fingerprint density at radius 1 is 0.905 bits per heavy atom. The molecule has 0 atom stereocenters. The molecule has 21 heavy (non-hydrogen) atoms. The van der Waals surface area contributed by atoms with Crippen molar-refractivity contribution in [2.75, 3.05) is 12.4 Å². The van der Waals surface area contributed by atoms with Crippen LogP contribution in [0.1, 0.15) is 22.8 Å². The van der Waals surface area contributed by atoms with Crippen molar-refractivity contribution in [3.05, 3.63) is 59.2 Å². The quantitative estimate of drug-likeness (QED) is 0.799. The number of fused-ring (bicyclic) bond motifs is 1. The summed E-state index contributed by atoms with van der Waals surface area (Å²) in [6, 6.07) is 12.3. The van der Waals surface area contributed by atoms with Crippen LogP contribution < -0.4 is 5.32 Å². The van der Waals surface area contributed by atoms with Gasteiger partial charge in [-0.1, -0.05) is 24.3 Å². The van der Waals surface area contributed by atoms with Crippen molar-refractivity contribution in [1.82, 2.24) is 15.0 Å². The van der Waals surface area contributed by atoms with Crippen molar-refractivity contribution in [2.24, 2.45) is 0 Å². The fourth-order valence-electron chi connectivity index (χ4n) is 2.35. The summed E-state index contributed by atoms with van der Waals surface area (Å²) < 4.78 is 0. The molecule has 0 unspecified atom stereocenters. The second-order valence-electron chi connectivity index (χ2n) is 5.11. The summed E-state index contributed by atoms with van der Waals surface area (Å²) in [6.45, 7) is 3.96. The number of nitrogens with one attached hydrogen (secondary N) is 1. The highest BCUT2D eigenvalue weighted by atomic mass is 15.0. The van der Waals surface area contributed by atoms with Gasteiger partial charge in [0, 0.05) is 24.5 Å². The number of nitrogens with zero attached hydrogens (tertiary/aromatic N) is 3. The van der Waals surface area contributed by atoms with Gasteiger partial charge in [-0.05, 0) is 26.0 Å². The predicted octanol–water partition coefficient (Wildman–Crippen LogP) is 3.27. The molecular formula is C17H18N4. The number of aromatic nitrogens is 3. The monoisotopic (exact) mass is 278 g/mol. The molecule has 1 N–H and O–H groups in total. The second kappa shape index (κ2) is 5.48. The molecule has 4 nitrogen and oxygen atoms in total. The van der Waals surface area contributed by atoms with Crippen molar-refractivity contribution in [1.29, 1.82) is 0 Å². The smallest absolute Gasteiger partial charge is 0.148 e. The predicted molar refractivity (Wildman–Crippen MR) is 85.6 cm³/mol. The van der Waals surface area contributed by atoms with E-state index >= 15 is 0 Å². The zero-order valence-corrected chi connectivity index (χ0v) is 12.5. The van der Waals surface area contributed by atoms with Gasteiger partial charge in [-0.15, -0.1) is 0 Å². The fourth-order valence-corrected chi connectivity index (χ4v) is 2.35. The van der Waals surface area contributed by atoms with E-state index in [1.165, 1.54) is 0 Å². The Morgan fingerprint density at radius 2 is 1.67 bits per heavy atom. The molecule has 0 spiro atoms. The SMILES string of the molecule is CNc1nc(C)c(C)nc1Cc1ccc2ccccc2n1. The Hall–Kier alpha value is -2.49. The number of hydrogen-bond donors (Lipinski definition) is 1. The summed E-state index contributed by atoms with van der Waals surface area (Å²) in [7, 11) is 1.87. The van der Waals surface area contributed by atoms with Gasteiger partial charge in [-0.3, -0.25) is 9.97 Å². The Kier molecular flexibility index (Phi) is 3.52. The van der Waals surface area contributed by atoms with Gasteiger partial charge in [0.05, 0.1) is 22.6 Å². The first-order chi connectivity index (χ1) is 10.2. The number of aryl methyl sites for hydroxylation is 2. The van der Waals surface area contributed by atoms with E-state index in [1.54, 1.807) is 0 Å². The van der Waals surface area contributed by atoms with E-state index in [0.717, 1.165) is 39.5 Å². The van der Waals surface area contributed by atoms with Crippen LogP contribution in [0.25, 0.3) is 10.9 Å². The number of anilines is 1. The summed E-state index contributed by atoms with van der Waals surface area (Å²) in [5, 5.41) is 4.27. The number of benzene rings is 1. The van der Waals surface area contributed by atoms with E-state index in [2.05, 4.69) is 33.5 Å². The minimum absolute atomic E-state index is 0.676. The van der Waals surface area contributed by atoms with E-state index in [4.69, 9.17) is 4.98 Å². The lowest BCUT2D eigenvalue weighted by Crippen LogP contribution is -2.07. The molecular weight excluding hydrogens is 260 g/mol. The molecule has 0 fully saturated rings. The average molecular weight is 278 g/mol. The normalized spacial score (nSPS) is 10.8. The third-order valence-electron chi connectivity index (χ3n) is 3.62. The van der Waals surface area contributed by atoms with Gasteiger partial charge in [0.2, 0.25) is 0 Å². The molecule has 2 aromatic heterocycles. The van der Waals surface area contributed by atoms with Crippen molar-refractivity contribution < 1.29 is 0 Å². The third kappa shape index (κ3) is 2.70. The maximum Gasteiger partial charge on any atom is 0.148 e. The van der Waals surface area contributed by atoms with Gasteiger partial charge in [-0.2, -0.15) is 0 Å². The van der Waals surface area contributed by atoms with Crippen molar-refractivity contribution >= 4 is 16.7 Å². The van der Waals surface area contributed by atoms with Gasteiger partial charge in [0.1, 0.15) is 5.82 Å². The summed E-state index contributed by atoms with van der Waals surface area (Å²) >= 11 is 0. The van der Waals surface area contributed by atoms with E-state index < -0.39 is 0 Å². The third-order valence-corrected chi connectivity index (χ3v) is 3.62. The molecule has 2 heterocycles. The van der Waals surface area contributed by atoms with Gasteiger partial charge in [0.25, 0.3) is 0 Å². The molecule has 0 bridgehead atoms. The molecule has 0 radical (unpaired) electrons. The minimum Gasteiger partial charge on any atom is -0.372 e. The highest BCUT2D eigenvalue weighted by molar-refractivity contribution is 5.78. The first-order valence-corrected chi connectivity index (χ1v) is 7.04. The number of hydrogen-bond acceptors (Lipinski definition) is 4. The van der Waals surface area contributed by atoms with E-state index in [-0.39, 0.29) is 0 Å². The van der Waals surface area contributed by atoms with Crippen LogP contribution in [0.4, 0.5) is 5.82 Å². The van der Waals surface area contributed by atoms with Crippen LogP contribution in [0.5, 0.6) is 0 Å². The Morgan fingerprint density at radius 3 is 2.48 bits per heavy atom. The first kappa shape index (κ1) is 13.5. The van der Waals surface area contributed by atoms with E-state index in [9.17, 15) is 0 Å². The van der Waals surface area contributed by atoms with Crippen molar-refractivity contribution in [3.8, 4) is 0 Å². The van der Waals surface area contributed by atoms with Crippen LogP contribution in [0.15, 0.2) is 36.4 Å². The van der Waals surface area contributed by atoms with Crippen molar-refractivity contribution in [2.45, 2.75) is 20.3 Å². The lowest BCUT2D eigenvalue weighted by Gasteiger charge is -2.10. The molecule has 3 aromatic rings. The van der Waals surface area contributed by atoms with Crippen LogP contribution in [0, 0.1) is 13.8 Å². The average Bonchev–Trinajstić information content (AvgIpc) is 2.50. The largest absolute Gasteiger partial charge is 0.372 e. The van der Waals surface area contributed by atoms with Gasteiger partial charge < -0.3 is 5.32 Å². The Bertz CT molecular complexity index is 796. The molecule has 106 valence electrons. The van der Waals surface area contributed by atoms with E-state index in [0.29, 0.717) is 6.42 Å². The Labute approximate surface area is 124 Å².